The molecule has 2 atom stereocenters. The van der Waals surface area contributed by atoms with E-state index in [2.05, 4.69) is 0 Å². The van der Waals surface area contributed by atoms with Crippen molar-refractivity contribution < 1.29 is 23.8 Å². The molecule has 0 saturated carbocycles. The molecule has 2 aromatic rings. The first-order valence-corrected chi connectivity index (χ1v) is 9.27. The summed E-state index contributed by atoms with van der Waals surface area (Å²) in [6.45, 7) is 0.834. The average Bonchev–Trinajstić information content (AvgIpc) is 3.30. The number of rotatable bonds is 4. The van der Waals surface area contributed by atoms with E-state index in [4.69, 9.17) is 4.74 Å². The van der Waals surface area contributed by atoms with Gasteiger partial charge >= 0.3 is 0 Å². The number of carbonyl (C=O) groups excluding carboxylic acids is 2. The van der Waals surface area contributed by atoms with Crippen LogP contribution >= 0.6 is 0 Å². The van der Waals surface area contributed by atoms with Crippen LogP contribution in [-0.2, 0) is 14.3 Å². The molecule has 144 valence electrons. The lowest BCUT2D eigenvalue weighted by atomic mass is 9.95. The first-order chi connectivity index (χ1) is 13.6. The molecular weight excluding hydrogens is 361 g/mol. The van der Waals surface area contributed by atoms with Crippen LogP contribution in [0.2, 0.25) is 0 Å². The van der Waals surface area contributed by atoms with Crippen molar-refractivity contribution >= 4 is 17.4 Å². The van der Waals surface area contributed by atoms with E-state index in [9.17, 15) is 19.1 Å². The molecule has 28 heavy (non-hydrogen) atoms. The monoisotopic (exact) mass is 381 g/mol. The summed E-state index contributed by atoms with van der Waals surface area (Å²) in [7, 11) is 0. The minimum Gasteiger partial charge on any atom is -0.507 e. The van der Waals surface area contributed by atoms with E-state index < -0.39 is 23.5 Å². The van der Waals surface area contributed by atoms with Gasteiger partial charge in [0.2, 0.25) is 0 Å². The minimum atomic E-state index is -0.861. The summed E-state index contributed by atoms with van der Waals surface area (Å²) in [5.74, 6) is -2.21. The van der Waals surface area contributed by atoms with Gasteiger partial charge in [0.25, 0.3) is 11.7 Å². The molecule has 0 spiro atoms. The normalized spacial score (nSPS) is 24.1. The molecule has 1 amide bonds. The van der Waals surface area contributed by atoms with Gasteiger partial charge in [-0.1, -0.05) is 42.5 Å². The number of nitrogens with zero attached hydrogens (tertiary/aromatic N) is 1. The molecule has 2 aromatic carbocycles. The Morgan fingerprint density at radius 3 is 2.61 bits per heavy atom. The predicted octanol–water partition coefficient (Wildman–Crippen LogP) is 3.43. The van der Waals surface area contributed by atoms with Crippen LogP contribution < -0.4 is 0 Å². The summed E-state index contributed by atoms with van der Waals surface area (Å²) >= 11 is 0. The zero-order valence-corrected chi connectivity index (χ0v) is 15.2. The van der Waals surface area contributed by atoms with Crippen LogP contribution in [0.25, 0.3) is 5.76 Å². The molecule has 1 N–H and O–H groups in total. The molecule has 0 aliphatic carbocycles. The van der Waals surface area contributed by atoms with Gasteiger partial charge in [-0.2, -0.15) is 0 Å². The SMILES string of the molecule is O=C1C(=O)N(CC2CCCO2)C(c2cccc(F)c2)/C1=C(\O)c1ccccc1. The Morgan fingerprint density at radius 1 is 1.14 bits per heavy atom. The van der Waals surface area contributed by atoms with Gasteiger partial charge in [-0.15, -0.1) is 0 Å². The number of halogens is 1. The highest BCUT2D eigenvalue weighted by Crippen LogP contribution is 2.40. The zero-order valence-electron chi connectivity index (χ0n) is 15.2. The third kappa shape index (κ3) is 3.31. The third-order valence-corrected chi connectivity index (χ3v) is 5.18. The number of hydrogen-bond acceptors (Lipinski definition) is 4. The van der Waals surface area contributed by atoms with Crippen molar-refractivity contribution in [1.29, 1.82) is 0 Å². The molecule has 0 aromatic heterocycles. The van der Waals surface area contributed by atoms with E-state index in [-0.39, 0.29) is 24.0 Å². The second-order valence-corrected chi connectivity index (χ2v) is 7.01. The highest BCUT2D eigenvalue weighted by atomic mass is 19.1. The number of benzene rings is 2. The van der Waals surface area contributed by atoms with Gasteiger partial charge in [-0.3, -0.25) is 9.59 Å². The molecule has 2 heterocycles. The molecule has 2 saturated heterocycles. The highest BCUT2D eigenvalue weighted by Gasteiger charge is 2.47. The van der Waals surface area contributed by atoms with Crippen molar-refractivity contribution in [3.63, 3.8) is 0 Å². The molecular formula is C22H20FNO4. The summed E-state index contributed by atoms with van der Waals surface area (Å²) in [4.78, 5) is 27.0. The molecule has 0 radical (unpaired) electrons. The number of Topliss-reactive ketones (excluding diaryl/α,β-unsaturated/α-hetero) is 1. The lowest BCUT2D eigenvalue weighted by Crippen LogP contribution is -2.36. The van der Waals surface area contributed by atoms with Crippen molar-refractivity contribution in [1.82, 2.24) is 4.90 Å². The molecule has 0 bridgehead atoms. The quantitative estimate of drug-likeness (QED) is 0.501. The van der Waals surface area contributed by atoms with Crippen LogP contribution in [0.15, 0.2) is 60.2 Å². The Balaban J connectivity index is 1.83. The van der Waals surface area contributed by atoms with Gasteiger partial charge in [0.05, 0.1) is 17.7 Å². The second-order valence-electron chi connectivity index (χ2n) is 7.01. The van der Waals surface area contributed by atoms with Crippen LogP contribution in [0, 0.1) is 5.82 Å². The standard InChI is InChI=1S/C22H20FNO4/c23-16-9-4-8-15(12-16)19-18(20(25)14-6-2-1-3-7-14)21(26)22(27)24(19)13-17-10-5-11-28-17/h1-4,6-9,12,17,19,25H,5,10-11,13H2/b20-18+. The van der Waals surface area contributed by atoms with Gasteiger partial charge in [0, 0.05) is 18.7 Å². The van der Waals surface area contributed by atoms with E-state index in [0.29, 0.717) is 17.7 Å². The summed E-state index contributed by atoms with van der Waals surface area (Å²) in [5.41, 5.74) is 0.841. The summed E-state index contributed by atoms with van der Waals surface area (Å²) in [6, 6.07) is 13.5. The molecule has 6 heteroatoms. The van der Waals surface area contributed by atoms with Crippen molar-refractivity contribution in [3.8, 4) is 0 Å². The van der Waals surface area contributed by atoms with Crippen LogP contribution in [0.5, 0.6) is 0 Å². The fraction of sp³-hybridized carbons (Fsp3) is 0.273. The van der Waals surface area contributed by atoms with Crippen LogP contribution in [0.1, 0.15) is 30.0 Å². The van der Waals surface area contributed by atoms with Gasteiger partial charge in [-0.05, 0) is 30.5 Å². The summed E-state index contributed by atoms with van der Waals surface area (Å²) < 4.78 is 19.5. The van der Waals surface area contributed by atoms with E-state index in [1.54, 1.807) is 36.4 Å². The second kappa shape index (κ2) is 7.56. The van der Waals surface area contributed by atoms with E-state index >= 15 is 0 Å². The van der Waals surface area contributed by atoms with Crippen molar-refractivity contribution in [2.75, 3.05) is 13.2 Å². The number of carbonyl (C=O) groups is 2. The summed E-state index contributed by atoms with van der Waals surface area (Å²) in [6.07, 6.45) is 1.51. The summed E-state index contributed by atoms with van der Waals surface area (Å²) in [5, 5.41) is 10.8. The fourth-order valence-electron chi connectivity index (χ4n) is 3.85. The number of aliphatic hydroxyl groups excluding tert-OH is 1. The first kappa shape index (κ1) is 18.4. The smallest absolute Gasteiger partial charge is 0.295 e. The molecule has 2 aliphatic heterocycles. The number of amides is 1. The first-order valence-electron chi connectivity index (χ1n) is 9.27. The Labute approximate surface area is 162 Å². The molecule has 2 fully saturated rings. The van der Waals surface area contributed by atoms with Gasteiger partial charge in [0.1, 0.15) is 11.6 Å². The van der Waals surface area contributed by atoms with Crippen LogP contribution in [0.4, 0.5) is 4.39 Å². The zero-order chi connectivity index (χ0) is 19.7. The highest BCUT2D eigenvalue weighted by molar-refractivity contribution is 6.46. The Hall–Kier alpha value is -2.99. The average molecular weight is 381 g/mol. The molecule has 2 unspecified atom stereocenters. The largest absolute Gasteiger partial charge is 0.507 e. The number of hydrogen-bond donors (Lipinski definition) is 1. The number of likely N-dealkylation sites (tertiary alicyclic amines) is 1. The van der Waals surface area contributed by atoms with Gasteiger partial charge in [0.15, 0.2) is 0 Å². The number of ketones is 1. The molecule has 4 rings (SSSR count). The van der Waals surface area contributed by atoms with Crippen molar-refractivity contribution in [2.24, 2.45) is 0 Å². The Kier molecular flexibility index (Phi) is 4.96. The maximum Gasteiger partial charge on any atom is 0.295 e. The number of ether oxygens (including phenoxy) is 1. The fourth-order valence-corrected chi connectivity index (χ4v) is 3.85. The van der Waals surface area contributed by atoms with Crippen LogP contribution in [-0.4, -0.2) is 41.0 Å². The Morgan fingerprint density at radius 2 is 1.93 bits per heavy atom. The molecule has 2 aliphatic rings. The lowest BCUT2D eigenvalue weighted by Gasteiger charge is -2.27. The topological polar surface area (TPSA) is 66.8 Å². The van der Waals surface area contributed by atoms with E-state index in [1.807, 2.05) is 0 Å². The van der Waals surface area contributed by atoms with Crippen LogP contribution in [0.3, 0.4) is 0 Å². The van der Waals surface area contributed by atoms with Crippen molar-refractivity contribution in [2.45, 2.75) is 25.0 Å². The lowest BCUT2D eigenvalue weighted by molar-refractivity contribution is -0.140. The predicted molar refractivity (Wildman–Crippen MR) is 101 cm³/mol. The number of aliphatic hydroxyl groups is 1. The molecule has 5 nitrogen and oxygen atoms in total. The van der Waals surface area contributed by atoms with E-state index in [0.717, 1.165) is 12.8 Å². The van der Waals surface area contributed by atoms with Crippen molar-refractivity contribution in [3.05, 3.63) is 77.1 Å². The van der Waals surface area contributed by atoms with Gasteiger partial charge < -0.3 is 14.7 Å². The third-order valence-electron chi connectivity index (χ3n) is 5.18. The Bertz CT molecular complexity index is 935. The van der Waals surface area contributed by atoms with E-state index in [1.165, 1.54) is 23.1 Å². The maximum atomic E-state index is 13.9. The minimum absolute atomic E-state index is 0.0280. The maximum absolute atomic E-state index is 13.9. The van der Waals surface area contributed by atoms with Gasteiger partial charge in [-0.25, -0.2) is 4.39 Å².